The normalized spacial score (nSPS) is 10.0. The minimum absolute atomic E-state index is 0.0857. The van der Waals surface area contributed by atoms with Gasteiger partial charge in [-0.1, -0.05) is 0 Å². The van der Waals surface area contributed by atoms with Gasteiger partial charge in [0, 0.05) is 11.1 Å². The molecule has 108 valence electrons. The van der Waals surface area contributed by atoms with Gasteiger partial charge in [-0.25, -0.2) is 4.98 Å². The quantitative estimate of drug-likeness (QED) is 0.688. The third-order valence-corrected chi connectivity index (χ3v) is 2.87. The first-order valence-electron chi connectivity index (χ1n) is 6.07. The van der Waals surface area contributed by atoms with Crippen LogP contribution in [0.15, 0.2) is 36.5 Å². The summed E-state index contributed by atoms with van der Waals surface area (Å²) in [5.41, 5.74) is 0.783. The number of ether oxygens (including phenoxy) is 1. The smallest absolute Gasteiger partial charge is 0.290 e. The maximum atomic E-state index is 12.0. The number of nitrogens with zero attached hydrogens (tertiary/aromatic N) is 2. The van der Waals surface area contributed by atoms with Gasteiger partial charge < -0.3 is 10.1 Å². The first-order valence-corrected chi connectivity index (χ1v) is 6.07. The number of anilines is 1. The number of rotatable bonds is 4. The average Bonchev–Trinajstić information content (AvgIpc) is 2.47. The first kappa shape index (κ1) is 14.4. The van der Waals surface area contributed by atoms with Crippen LogP contribution >= 0.6 is 0 Å². The zero-order chi connectivity index (χ0) is 15.4. The zero-order valence-electron chi connectivity index (χ0n) is 11.5. The average molecular weight is 287 g/mol. The second-order valence-corrected chi connectivity index (χ2v) is 4.30. The number of hydrogen-bond acceptors (Lipinski definition) is 5. The van der Waals surface area contributed by atoms with Gasteiger partial charge in [0.15, 0.2) is 0 Å². The number of aromatic nitrogens is 1. The lowest BCUT2D eigenvalue weighted by atomic mass is 10.2. The molecule has 7 nitrogen and oxygen atoms in total. The Hall–Kier alpha value is -2.96. The van der Waals surface area contributed by atoms with Crippen molar-refractivity contribution in [2.24, 2.45) is 0 Å². The van der Waals surface area contributed by atoms with E-state index < -0.39 is 4.92 Å². The summed E-state index contributed by atoms with van der Waals surface area (Å²) in [5.74, 6) is 0.563. The Morgan fingerprint density at radius 2 is 2.00 bits per heavy atom. The Morgan fingerprint density at radius 1 is 1.33 bits per heavy atom. The zero-order valence-corrected chi connectivity index (χ0v) is 11.5. The van der Waals surface area contributed by atoms with Crippen LogP contribution in [0, 0.1) is 17.0 Å². The van der Waals surface area contributed by atoms with Crippen molar-refractivity contribution < 1.29 is 14.5 Å². The molecule has 0 bridgehead atoms. The van der Waals surface area contributed by atoms with E-state index in [1.54, 1.807) is 38.3 Å². The number of aryl methyl sites for hydroxylation is 1. The van der Waals surface area contributed by atoms with E-state index in [1.807, 2.05) is 0 Å². The molecule has 1 aromatic carbocycles. The van der Waals surface area contributed by atoms with Gasteiger partial charge >= 0.3 is 0 Å². The van der Waals surface area contributed by atoms with Gasteiger partial charge in [0.1, 0.15) is 17.8 Å². The molecule has 0 saturated carbocycles. The van der Waals surface area contributed by atoms with Gasteiger partial charge in [-0.2, -0.15) is 0 Å². The SMILES string of the molecule is COc1ccc(C(=O)Nc2cc(C)c([N+](=O)[O-])cn2)cc1. The van der Waals surface area contributed by atoms with Crippen molar-refractivity contribution in [3.8, 4) is 5.75 Å². The molecular weight excluding hydrogens is 274 g/mol. The highest BCUT2D eigenvalue weighted by atomic mass is 16.6. The summed E-state index contributed by atoms with van der Waals surface area (Å²) in [6, 6.07) is 8.03. The topological polar surface area (TPSA) is 94.4 Å². The fourth-order valence-corrected chi connectivity index (χ4v) is 1.74. The molecular formula is C14H13N3O4. The van der Waals surface area contributed by atoms with E-state index in [-0.39, 0.29) is 17.4 Å². The number of carbonyl (C=O) groups excluding carboxylic acids is 1. The molecule has 0 aliphatic rings. The molecule has 0 radical (unpaired) electrons. The Kier molecular flexibility index (Phi) is 4.13. The van der Waals surface area contributed by atoms with Gasteiger partial charge in [0.05, 0.1) is 12.0 Å². The standard InChI is InChI=1S/C14H13N3O4/c1-9-7-13(15-8-12(9)17(19)20)16-14(18)10-3-5-11(21-2)6-4-10/h3-8H,1-2H3,(H,15,16,18). The fourth-order valence-electron chi connectivity index (χ4n) is 1.74. The largest absolute Gasteiger partial charge is 0.497 e. The van der Waals surface area contributed by atoms with Gasteiger partial charge in [-0.15, -0.1) is 0 Å². The maximum absolute atomic E-state index is 12.0. The van der Waals surface area contributed by atoms with Crippen LogP contribution in [0.4, 0.5) is 11.5 Å². The molecule has 0 aliphatic heterocycles. The van der Waals surface area contributed by atoms with E-state index in [1.165, 1.54) is 6.07 Å². The van der Waals surface area contributed by atoms with Crippen molar-refractivity contribution in [2.45, 2.75) is 6.92 Å². The third-order valence-electron chi connectivity index (χ3n) is 2.87. The van der Waals surface area contributed by atoms with E-state index in [9.17, 15) is 14.9 Å². The van der Waals surface area contributed by atoms with Crippen LogP contribution < -0.4 is 10.1 Å². The number of pyridine rings is 1. The number of amides is 1. The Bertz CT molecular complexity index is 683. The molecule has 21 heavy (non-hydrogen) atoms. The van der Waals surface area contributed by atoms with E-state index in [0.29, 0.717) is 16.9 Å². The molecule has 0 spiro atoms. The van der Waals surface area contributed by atoms with Gasteiger partial charge in [-0.3, -0.25) is 14.9 Å². The maximum Gasteiger partial charge on any atom is 0.290 e. The first-order chi connectivity index (χ1) is 10.0. The number of nitro groups is 1. The molecule has 0 atom stereocenters. The van der Waals surface area contributed by atoms with E-state index in [0.717, 1.165) is 6.20 Å². The number of nitrogens with one attached hydrogen (secondary N) is 1. The van der Waals surface area contributed by atoms with E-state index >= 15 is 0 Å². The monoisotopic (exact) mass is 287 g/mol. The summed E-state index contributed by atoms with van der Waals surface area (Å²) in [6.45, 7) is 1.59. The summed E-state index contributed by atoms with van der Waals surface area (Å²) in [5, 5.41) is 13.3. The molecule has 0 aliphatic carbocycles. The Balaban J connectivity index is 2.15. The summed E-state index contributed by atoms with van der Waals surface area (Å²) < 4.78 is 5.01. The van der Waals surface area contributed by atoms with Crippen molar-refractivity contribution >= 4 is 17.4 Å². The van der Waals surface area contributed by atoms with Crippen molar-refractivity contribution in [1.29, 1.82) is 0 Å². The fraction of sp³-hybridized carbons (Fsp3) is 0.143. The highest BCUT2D eigenvalue weighted by Crippen LogP contribution is 2.19. The molecule has 1 aromatic heterocycles. The van der Waals surface area contributed by atoms with Crippen LogP contribution in [0.2, 0.25) is 0 Å². The predicted octanol–water partition coefficient (Wildman–Crippen LogP) is 2.56. The summed E-state index contributed by atoms with van der Waals surface area (Å²) in [7, 11) is 1.54. The van der Waals surface area contributed by atoms with Crippen molar-refractivity contribution in [1.82, 2.24) is 4.98 Å². The second kappa shape index (κ2) is 6.00. The number of benzene rings is 1. The molecule has 0 saturated heterocycles. The minimum Gasteiger partial charge on any atom is -0.497 e. The molecule has 2 rings (SSSR count). The Labute approximate surface area is 120 Å². The van der Waals surface area contributed by atoms with Gasteiger partial charge in [-0.05, 0) is 37.3 Å². The van der Waals surface area contributed by atoms with Crippen LogP contribution in [0.5, 0.6) is 5.75 Å². The summed E-state index contributed by atoms with van der Waals surface area (Å²) >= 11 is 0. The highest BCUT2D eigenvalue weighted by molar-refractivity contribution is 6.03. The van der Waals surface area contributed by atoms with E-state index in [2.05, 4.69) is 10.3 Å². The lowest BCUT2D eigenvalue weighted by Crippen LogP contribution is -2.13. The number of hydrogen-bond donors (Lipinski definition) is 1. The van der Waals surface area contributed by atoms with Crippen LogP contribution in [0.3, 0.4) is 0 Å². The van der Waals surface area contributed by atoms with Crippen molar-refractivity contribution in [3.05, 3.63) is 57.8 Å². The molecule has 0 fully saturated rings. The molecule has 2 aromatic rings. The van der Waals surface area contributed by atoms with Crippen LogP contribution in [-0.2, 0) is 0 Å². The van der Waals surface area contributed by atoms with Crippen molar-refractivity contribution in [3.63, 3.8) is 0 Å². The summed E-state index contributed by atoms with van der Waals surface area (Å²) in [4.78, 5) is 26.1. The lowest BCUT2D eigenvalue weighted by molar-refractivity contribution is -0.385. The van der Waals surface area contributed by atoms with Crippen LogP contribution in [-0.4, -0.2) is 22.9 Å². The van der Waals surface area contributed by atoms with Crippen molar-refractivity contribution in [2.75, 3.05) is 12.4 Å². The molecule has 1 heterocycles. The number of carbonyl (C=O) groups is 1. The molecule has 1 N–H and O–H groups in total. The lowest BCUT2D eigenvalue weighted by Gasteiger charge is -2.06. The Morgan fingerprint density at radius 3 is 2.52 bits per heavy atom. The van der Waals surface area contributed by atoms with Crippen LogP contribution in [0.1, 0.15) is 15.9 Å². The van der Waals surface area contributed by atoms with Crippen LogP contribution in [0.25, 0.3) is 0 Å². The molecule has 0 unspecified atom stereocenters. The number of methoxy groups -OCH3 is 1. The third kappa shape index (κ3) is 3.33. The molecule has 7 heteroatoms. The van der Waals surface area contributed by atoms with E-state index in [4.69, 9.17) is 4.74 Å². The van der Waals surface area contributed by atoms with Gasteiger partial charge in [0.2, 0.25) is 0 Å². The highest BCUT2D eigenvalue weighted by Gasteiger charge is 2.13. The minimum atomic E-state index is -0.516. The summed E-state index contributed by atoms with van der Waals surface area (Å²) in [6.07, 6.45) is 1.12. The second-order valence-electron chi connectivity index (χ2n) is 4.30. The molecule has 1 amide bonds. The predicted molar refractivity (Wildman–Crippen MR) is 76.6 cm³/mol. The van der Waals surface area contributed by atoms with Gasteiger partial charge in [0.25, 0.3) is 11.6 Å².